The Labute approximate surface area is 356 Å². The number of unbranched alkanes of at least 4 members (excludes halogenated alkanes) is 1. The number of methoxy groups -OCH3 is 1. The van der Waals surface area contributed by atoms with Gasteiger partial charge in [0.05, 0.1) is 35.5 Å². The van der Waals surface area contributed by atoms with Crippen molar-refractivity contribution in [2.75, 3.05) is 37.5 Å². The molecule has 0 radical (unpaired) electrons. The van der Waals surface area contributed by atoms with Gasteiger partial charge in [-0.2, -0.15) is 0 Å². The summed E-state index contributed by atoms with van der Waals surface area (Å²) in [5.74, 6) is 6.22. The minimum absolute atomic E-state index is 0.0476. The van der Waals surface area contributed by atoms with Crippen molar-refractivity contribution in [1.29, 1.82) is 0 Å². The second-order valence-electron chi connectivity index (χ2n) is 14.4. The van der Waals surface area contributed by atoms with Crippen LogP contribution in [-0.4, -0.2) is 59.2 Å². The lowest BCUT2D eigenvalue weighted by atomic mass is 10.0. The van der Waals surface area contributed by atoms with Gasteiger partial charge in [-0.1, -0.05) is 41.8 Å². The number of carbonyl (C=O) groups excluding carboxylic acids is 2. The molecule has 1 unspecified atom stereocenters. The third-order valence-corrected chi connectivity index (χ3v) is 11.1. The molecule has 0 saturated carbocycles. The number of nitrogens with two attached hydrogens (primary N) is 1. The van der Waals surface area contributed by atoms with Crippen LogP contribution in [0.1, 0.15) is 56.4 Å². The second kappa shape index (κ2) is 18.9. The Morgan fingerprint density at radius 1 is 0.967 bits per heavy atom. The molecule has 0 saturated heterocycles. The number of hydrogen-bond donors (Lipinski definition) is 6. The maximum absolute atomic E-state index is 13.7. The number of aliphatic hydroxyl groups is 1. The van der Waals surface area contributed by atoms with Gasteiger partial charge in [0.2, 0.25) is 5.56 Å². The zero-order valence-electron chi connectivity index (χ0n) is 33.8. The Balaban J connectivity index is 0.956. The molecule has 0 aliphatic heterocycles. The summed E-state index contributed by atoms with van der Waals surface area (Å²) < 4.78 is 5.39. The first-order valence-corrected chi connectivity index (χ1v) is 20.3. The van der Waals surface area contributed by atoms with Crippen molar-refractivity contribution in [2.24, 2.45) is 5.73 Å². The average molecular weight is 833 g/mol. The Morgan fingerprint density at radius 2 is 1.77 bits per heavy atom. The van der Waals surface area contributed by atoms with Gasteiger partial charge < -0.3 is 41.2 Å². The molecule has 0 aliphatic rings. The van der Waals surface area contributed by atoms with Gasteiger partial charge in [0, 0.05) is 81.4 Å². The minimum Gasteiger partial charge on any atom is -0.506 e. The summed E-state index contributed by atoms with van der Waals surface area (Å²) >= 11 is 1.50. The van der Waals surface area contributed by atoms with Crippen LogP contribution >= 0.6 is 11.8 Å². The molecule has 2 heterocycles. The molecule has 308 valence electrons. The number of rotatable bonds is 14. The van der Waals surface area contributed by atoms with Crippen LogP contribution < -0.4 is 31.6 Å². The molecule has 2 amide bonds. The summed E-state index contributed by atoms with van der Waals surface area (Å²) in [6.07, 6.45) is 2.08. The normalized spacial score (nSPS) is 11.5. The molecule has 12 nitrogen and oxygen atoms in total. The molecule has 13 heteroatoms. The first-order chi connectivity index (χ1) is 29.5. The fourth-order valence-electron chi connectivity index (χ4n) is 6.95. The van der Waals surface area contributed by atoms with Gasteiger partial charge in [-0.15, -0.1) is 0 Å². The number of H-pyrrole nitrogens is 1. The molecular weight excluding hydrogens is 789 g/mol. The van der Waals surface area contributed by atoms with Crippen LogP contribution in [0.4, 0.5) is 17.1 Å². The first kappa shape index (κ1) is 42.0. The van der Waals surface area contributed by atoms with Crippen LogP contribution in [0.2, 0.25) is 0 Å². The number of fused-ring (bicyclic) bond motifs is 2. The Bertz CT molecular complexity index is 2890. The quantitative estimate of drug-likeness (QED) is 0.0467. The number of aromatic amines is 1. The standard InChI is InChI=1S/C48H44N6O6S/c1-29-23-36(26-39-44(29)51-27-40(47(49)58)45(39)52-32-11-8-12-34(25-32)60-3)61-35-13-7-10-31(24-35)48(59)54(2)33-16-14-30(15-17-33)9-5-4-6-22-50-28-42(56)37-18-20-41(55)46-38(37)19-21-43(57)53-46/h7-8,10-21,23-27,42,50,55-56H,4,6,22,28H2,1-3H3,(H2,49,58)(H,51,52)(H,53,57). The van der Waals surface area contributed by atoms with E-state index in [9.17, 15) is 24.6 Å². The molecule has 7 rings (SSSR count). The summed E-state index contributed by atoms with van der Waals surface area (Å²) in [5, 5.41) is 28.8. The SMILES string of the molecule is COc1cccc(Nc2c(C(N)=O)cnc3c(C)cc(Sc4cccc(C(=O)N(C)c5ccc(C#CCCCNCC(O)c6ccc(O)c7[nH]c(=O)ccc67)cc5)c4)cc23)c1. The van der Waals surface area contributed by atoms with Crippen molar-refractivity contribution >= 4 is 62.4 Å². The van der Waals surface area contributed by atoms with Gasteiger partial charge >= 0.3 is 0 Å². The zero-order chi connectivity index (χ0) is 43.0. The van der Waals surface area contributed by atoms with E-state index in [0.717, 1.165) is 49.6 Å². The maximum Gasteiger partial charge on any atom is 0.258 e. The lowest BCUT2D eigenvalue weighted by Crippen LogP contribution is -2.26. The van der Waals surface area contributed by atoms with Crippen molar-refractivity contribution in [3.8, 4) is 23.3 Å². The van der Waals surface area contributed by atoms with E-state index in [4.69, 9.17) is 10.5 Å². The number of amides is 2. The van der Waals surface area contributed by atoms with Crippen LogP contribution in [-0.2, 0) is 0 Å². The topological polar surface area (TPSA) is 183 Å². The highest BCUT2D eigenvalue weighted by Gasteiger charge is 2.19. The van der Waals surface area contributed by atoms with E-state index in [2.05, 4.69) is 32.4 Å². The number of ether oxygens (including phenoxy) is 1. The number of phenolic OH excluding ortho intramolecular Hbond substituents is 1. The highest BCUT2D eigenvalue weighted by Crippen LogP contribution is 2.37. The Kier molecular flexibility index (Phi) is 13.0. The molecule has 2 aromatic heterocycles. The van der Waals surface area contributed by atoms with E-state index < -0.39 is 12.0 Å². The largest absolute Gasteiger partial charge is 0.506 e. The summed E-state index contributed by atoms with van der Waals surface area (Å²) in [5.41, 5.74) is 11.6. The number of primary amides is 1. The fourth-order valence-corrected chi connectivity index (χ4v) is 7.96. The van der Waals surface area contributed by atoms with Gasteiger partial charge in [-0.25, -0.2) is 0 Å². The van der Waals surface area contributed by atoms with Crippen molar-refractivity contribution in [1.82, 2.24) is 15.3 Å². The smallest absolute Gasteiger partial charge is 0.258 e. The monoisotopic (exact) mass is 832 g/mol. The van der Waals surface area contributed by atoms with E-state index in [1.165, 1.54) is 30.1 Å². The van der Waals surface area contributed by atoms with Crippen molar-refractivity contribution in [2.45, 2.75) is 35.7 Å². The fraction of sp³-hybridized carbons (Fsp3) is 0.167. The molecule has 7 aromatic rings. The molecule has 1 atom stereocenters. The van der Waals surface area contributed by atoms with E-state index in [1.807, 2.05) is 85.8 Å². The number of pyridine rings is 2. The van der Waals surface area contributed by atoms with Crippen molar-refractivity contribution in [3.63, 3.8) is 0 Å². The number of benzene rings is 5. The molecule has 0 fully saturated rings. The lowest BCUT2D eigenvalue weighted by Gasteiger charge is -2.18. The average Bonchev–Trinajstić information content (AvgIpc) is 3.26. The number of phenols is 1. The van der Waals surface area contributed by atoms with Crippen LogP contribution in [0.15, 0.2) is 130 Å². The Hall–Kier alpha value is -7.11. The number of hydrogen-bond acceptors (Lipinski definition) is 10. The number of aromatic hydroxyl groups is 1. The highest BCUT2D eigenvalue weighted by molar-refractivity contribution is 7.99. The predicted molar refractivity (Wildman–Crippen MR) is 241 cm³/mol. The minimum atomic E-state index is -0.825. The summed E-state index contributed by atoms with van der Waals surface area (Å²) in [6, 6.07) is 32.5. The predicted octanol–water partition coefficient (Wildman–Crippen LogP) is 7.82. The van der Waals surface area contributed by atoms with Gasteiger partial charge in [0.1, 0.15) is 11.5 Å². The van der Waals surface area contributed by atoms with Gasteiger partial charge in [0.25, 0.3) is 11.8 Å². The van der Waals surface area contributed by atoms with Crippen LogP contribution in [0.3, 0.4) is 0 Å². The molecule has 5 aromatic carbocycles. The van der Waals surface area contributed by atoms with Crippen molar-refractivity contribution < 1.29 is 24.5 Å². The third-order valence-electron chi connectivity index (χ3n) is 10.1. The number of aryl methyl sites for hydroxylation is 1. The number of aromatic nitrogens is 2. The number of anilines is 3. The summed E-state index contributed by atoms with van der Waals surface area (Å²) in [6.45, 7) is 2.91. The molecule has 0 spiro atoms. The summed E-state index contributed by atoms with van der Waals surface area (Å²) in [7, 11) is 3.33. The zero-order valence-corrected chi connectivity index (χ0v) is 34.6. The number of nitrogens with zero attached hydrogens (tertiary/aromatic N) is 2. The highest BCUT2D eigenvalue weighted by atomic mass is 32.2. The van der Waals surface area contributed by atoms with Crippen molar-refractivity contribution in [3.05, 3.63) is 154 Å². The second-order valence-corrected chi connectivity index (χ2v) is 15.5. The number of carbonyl (C=O) groups is 2. The maximum atomic E-state index is 13.7. The third kappa shape index (κ3) is 9.86. The van der Waals surface area contributed by atoms with E-state index in [1.54, 1.807) is 37.3 Å². The molecular formula is C48H44N6O6S. The van der Waals surface area contributed by atoms with Crippen LogP contribution in [0.5, 0.6) is 11.5 Å². The van der Waals surface area contributed by atoms with E-state index in [0.29, 0.717) is 53.0 Å². The lowest BCUT2D eigenvalue weighted by molar-refractivity contribution is 0.0987. The van der Waals surface area contributed by atoms with E-state index in [-0.39, 0.29) is 22.8 Å². The van der Waals surface area contributed by atoms with E-state index >= 15 is 0 Å². The molecule has 0 bridgehead atoms. The molecule has 0 aliphatic carbocycles. The molecule has 61 heavy (non-hydrogen) atoms. The van der Waals surface area contributed by atoms with Gasteiger partial charge in [-0.3, -0.25) is 19.4 Å². The van der Waals surface area contributed by atoms with Crippen LogP contribution in [0, 0.1) is 18.8 Å². The molecule has 7 N–H and O–H groups in total. The number of aliphatic hydroxyl groups excluding tert-OH is 1. The van der Waals surface area contributed by atoms with Gasteiger partial charge in [-0.05, 0) is 110 Å². The Morgan fingerprint density at radius 3 is 2.56 bits per heavy atom. The summed E-state index contributed by atoms with van der Waals surface area (Å²) in [4.78, 5) is 48.5. The van der Waals surface area contributed by atoms with Crippen LogP contribution in [0.25, 0.3) is 21.8 Å². The number of nitrogens with one attached hydrogen (secondary N) is 3. The van der Waals surface area contributed by atoms with Gasteiger partial charge in [0.15, 0.2) is 0 Å². The first-order valence-electron chi connectivity index (χ1n) is 19.5.